The van der Waals surface area contributed by atoms with Crippen LogP contribution < -0.4 is 5.32 Å². The van der Waals surface area contributed by atoms with E-state index in [0.717, 1.165) is 0 Å². The largest absolute Gasteiger partial charge is 0.394 e. The lowest BCUT2D eigenvalue weighted by Crippen LogP contribution is -2.54. The fourth-order valence-corrected chi connectivity index (χ4v) is 1.92. The highest BCUT2D eigenvalue weighted by Crippen LogP contribution is 2.20. The number of hydrogen-bond donors (Lipinski definition) is 2. The molecule has 1 saturated heterocycles. The molecular weight excluding hydrogens is 239 g/mol. The van der Waals surface area contributed by atoms with Gasteiger partial charge in [0.25, 0.3) is 5.91 Å². The molecule has 0 unspecified atom stereocenters. The van der Waals surface area contributed by atoms with E-state index in [2.05, 4.69) is 10.3 Å². The van der Waals surface area contributed by atoms with E-state index in [1.807, 2.05) is 0 Å². The zero-order chi connectivity index (χ0) is 13.0. The normalized spacial score (nSPS) is 18.3. The third kappa shape index (κ3) is 2.83. The Hall–Kier alpha value is -1.53. The van der Waals surface area contributed by atoms with Crippen LogP contribution in [0.2, 0.25) is 0 Å². The zero-order valence-corrected chi connectivity index (χ0v) is 9.86. The van der Waals surface area contributed by atoms with E-state index >= 15 is 0 Å². The highest BCUT2D eigenvalue weighted by Gasteiger charge is 2.34. The van der Waals surface area contributed by atoms with Crippen LogP contribution >= 0.6 is 0 Å². The molecule has 1 aromatic heterocycles. The molecule has 0 saturated carbocycles. The summed E-state index contributed by atoms with van der Waals surface area (Å²) in [6.07, 6.45) is 1.06. The van der Waals surface area contributed by atoms with Crippen LogP contribution in [0.1, 0.15) is 23.3 Å². The summed E-state index contributed by atoms with van der Waals surface area (Å²) in [6.45, 7) is 0.798. The molecule has 98 valence electrons. The molecule has 2 N–H and O–H groups in total. The quantitative estimate of drug-likeness (QED) is 0.770. The Morgan fingerprint density at radius 3 is 2.83 bits per heavy atom. The molecule has 6 heteroatoms. The maximum absolute atomic E-state index is 12.9. The van der Waals surface area contributed by atoms with Gasteiger partial charge in [0.15, 0.2) is 0 Å². The van der Waals surface area contributed by atoms with Gasteiger partial charge in [0.05, 0.1) is 12.1 Å². The molecule has 18 heavy (non-hydrogen) atoms. The van der Waals surface area contributed by atoms with Gasteiger partial charge in [-0.15, -0.1) is 0 Å². The molecule has 0 atom stereocenters. The molecule has 5 nitrogen and oxygen atoms in total. The van der Waals surface area contributed by atoms with Crippen molar-refractivity contribution in [3.05, 3.63) is 29.8 Å². The van der Waals surface area contributed by atoms with Crippen molar-refractivity contribution in [1.29, 1.82) is 0 Å². The molecule has 0 spiro atoms. The van der Waals surface area contributed by atoms with Crippen molar-refractivity contribution in [2.24, 2.45) is 0 Å². The van der Waals surface area contributed by atoms with Crippen molar-refractivity contribution in [2.75, 3.05) is 19.8 Å². The van der Waals surface area contributed by atoms with E-state index in [4.69, 9.17) is 4.74 Å². The third-order valence-corrected chi connectivity index (χ3v) is 3.08. The molecule has 1 aromatic rings. The summed E-state index contributed by atoms with van der Waals surface area (Å²) in [5.74, 6) is -1.18. The van der Waals surface area contributed by atoms with Crippen LogP contribution in [0.15, 0.2) is 18.2 Å². The first-order valence-electron chi connectivity index (χ1n) is 5.79. The Kier molecular flexibility index (Phi) is 3.88. The summed E-state index contributed by atoms with van der Waals surface area (Å²) in [6, 6.07) is 4.03. The van der Waals surface area contributed by atoms with Crippen LogP contribution in [0.25, 0.3) is 0 Å². The number of amides is 1. The van der Waals surface area contributed by atoms with Crippen LogP contribution in [0.4, 0.5) is 4.39 Å². The number of halogens is 1. The minimum Gasteiger partial charge on any atom is -0.394 e. The van der Waals surface area contributed by atoms with Gasteiger partial charge in [-0.1, -0.05) is 6.07 Å². The first kappa shape index (κ1) is 12.9. The average Bonchev–Trinajstić information content (AvgIpc) is 2.40. The lowest BCUT2D eigenvalue weighted by atomic mass is 9.91. The molecule has 1 fully saturated rings. The van der Waals surface area contributed by atoms with Gasteiger partial charge in [0.1, 0.15) is 5.69 Å². The smallest absolute Gasteiger partial charge is 0.270 e. The van der Waals surface area contributed by atoms with Crippen molar-refractivity contribution in [3.8, 4) is 0 Å². The number of carbonyl (C=O) groups excluding carboxylic acids is 1. The van der Waals surface area contributed by atoms with Gasteiger partial charge < -0.3 is 15.2 Å². The second-order valence-electron chi connectivity index (χ2n) is 4.35. The number of ether oxygens (including phenoxy) is 1. The van der Waals surface area contributed by atoms with Crippen LogP contribution in [0.3, 0.4) is 0 Å². The van der Waals surface area contributed by atoms with Gasteiger partial charge in [0, 0.05) is 13.2 Å². The summed E-state index contributed by atoms with van der Waals surface area (Å²) < 4.78 is 18.1. The summed E-state index contributed by atoms with van der Waals surface area (Å²) in [5.41, 5.74) is -0.683. The number of nitrogens with zero attached hydrogens (tertiary/aromatic N) is 1. The van der Waals surface area contributed by atoms with E-state index in [1.165, 1.54) is 18.2 Å². The number of aliphatic hydroxyl groups is 1. The molecule has 0 aliphatic carbocycles. The third-order valence-electron chi connectivity index (χ3n) is 3.08. The Morgan fingerprint density at radius 1 is 1.50 bits per heavy atom. The number of hydrogen-bond acceptors (Lipinski definition) is 4. The van der Waals surface area contributed by atoms with Crippen LogP contribution in [0, 0.1) is 5.95 Å². The van der Waals surface area contributed by atoms with E-state index in [-0.39, 0.29) is 12.3 Å². The van der Waals surface area contributed by atoms with E-state index in [9.17, 15) is 14.3 Å². The minimum absolute atomic E-state index is 0.00863. The fraction of sp³-hybridized carbons (Fsp3) is 0.500. The molecule has 1 aliphatic heterocycles. The van der Waals surface area contributed by atoms with Gasteiger partial charge in [0.2, 0.25) is 5.95 Å². The number of carbonyl (C=O) groups is 1. The van der Waals surface area contributed by atoms with E-state index in [0.29, 0.717) is 26.1 Å². The summed E-state index contributed by atoms with van der Waals surface area (Å²) >= 11 is 0. The van der Waals surface area contributed by atoms with Gasteiger partial charge in [-0.05, 0) is 25.0 Å². The van der Waals surface area contributed by atoms with Crippen LogP contribution in [0.5, 0.6) is 0 Å². The zero-order valence-electron chi connectivity index (χ0n) is 9.86. The van der Waals surface area contributed by atoms with Gasteiger partial charge >= 0.3 is 0 Å². The molecule has 1 amide bonds. The second-order valence-corrected chi connectivity index (χ2v) is 4.35. The highest BCUT2D eigenvalue weighted by molar-refractivity contribution is 5.92. The Balaban J connectivity index is 2.10. The second kappa shape index (κ2) is 5.41. The van der Waals surface area contributed by atoms with Crippen LogP contribution in [-0.2, 0) is 4.74 Å². The van der Waals surface area contributed by atoms with Crippen molar-refractivity contribution in [2.45, 2.75) is 18.4 Å². The van der Waals surface area contributed by atoms with Crippen molar-refractivity contribution in [3.63, 3.8) is 0 Å². The van der Waals surface area contributed by atoms with Crippen molar-refractivity contribution >= 4 is 5.91 Å². The predicted octanol–water partition coefficient (Wildman–Crippen LogP) is 0.492. The highest BCUT2D eigenvalue weighted by atomic mass is 19.1. The molecule has 0 radical (unpaired) electrons. The number of aromatic nitrogens is 1. The summed E-state index contributed by atoms with van der Waals surface area (Å²) in [5, 5.41) is 12.2. The standard InChI is InChI=1S/C12H15FN2O3/c13-10-3-1-2-9(14-10)11(17)15-12(8-16)4-6-18-7-5-12/h1-3,16H,4-8H2,(H,15,17). The SMILES string of the molecule is O=C(NC1(CO)CCOCC1)c1cccc(F)n1. The van der Waals surface area contributed by atoms with Crippen LogP contribution in [-0.4, -0.2) is 41.4 Å². The Labute approximate surface area is 104 Å². The lowest BCUT2D eigenvalue weighted by molar-refractivity contribution is 0.0124. The van der Waals surface area contributed by atoms with Crippen molar-refractivity contribution in [1.82, 2.24) is 10.3 Å². The molecule has 1 aliphatic rings. The predicted molar refractivity (Wildman–Crippen MR) is 61.5 cm³/mol. The Morgan fingerprint density at radius 2 is 2.22 bits per heavy atom. The maximum Gasteiger partial charge on any atom is 0.270 e. The molecule has 2 heterocycles. The Bertz CT molecular complexity index is 433. The van der Waals surface area contributed by atoms with E-state index < -0.39 is 17.4 Å². The van der Waals surface area contributed by atoms with Crippen molar-refractivity contribution < 1.29 is 19.0 Å². The molecule has 2 rings (SSSR count). The van der Waals surface area contributed by atoms with E-state index in [1.54, 1.807) is 0 Å². The average molecular weight is 254 g/mol. The molecule has 0 aromatic carbocycles. The van der Waals surface area contributed by atoms with Gasteiger partial charge in [-0.3, -0.25) is 4.79 Å². The first-order valence-corrected chi connectivity index (χ1v) is 5.79. The number of nitrogens with one attached hydrogen (secondary N) is 1. The summed E-state index contributed by atoms with van der Waals surface area (Å²) in [7, 11) is 0. The molecule has 0 bridgehead atoms. The van der Waals surface area contributed by atoms with Gasteiger partial charge in [-0.25, -0.2) is 4.98 Å². The number of aliphatic hydroxyl groups excluding tert-OH is 1. The van der Waals surface area contributed by atoms with Gasteiger partial charge in [-0.2, -0.15) is 4.39 Å². The fourth-order valence-electron chi connectivity index (χ4n) is 1.92. The topological polar surface area (TPSA) is 71.5 Å². The monoisotopic (exact) mass is 254 g/mol. The summed E-state index contributed by atoms with van der Waals surface area (Å²) in [4.78, 5) is 15.4. The first-order chi connectivity index (χ1) is 8.65. The lowest BCUT2D eigenvalue weighted by Gasteiger charge is -2.36. The number of pyridine rings is 1. The minimum atomic E-state index is -0.701. The maximum atomic E-state index is 12.9. The number of rotatable bonds is 3. The molecular formula is C12H15FN2O3.